The van der Waals surface area contributed by atoms with E-state index in [2.05, 4.69) is 16.8 Å². The van der Waals surface area contributed by atoms with E-state index < -0.39 is 5.91 Å². The van der Waals surface area contributed by atoms with Crippen LogP contribution in [0.5, 0.6) is 0 Å². The van der Waals surface area contributed by atoms with Gasteiger partial charge in [0, 0.05) is 16.6 Å². The molecule has 1 aromatic heterocycles. The fourth-order valence-corrected chi connectivity index (χ4v) is 3.29. The van der Waals surface area contributed by atoms with Gasteiger partial charge >= 0.3 is 0 Å². The van der Waals surface area contributed by atoms with Crippen LogP contribution < -0.4 is 5.73 Å². The maximum absolute atomic E-state index is 12.5. The van der Waals surface area contributed by atoms with Crippen molar-refractivity contribution in [3.8, 4) is 11.1 Å². The van der Waals surface area contributed by atoms with E-state index >= 15 is 0 Å². The molecule has 6 nitrogen and oxygen atoms in total. The number of carbonyl (C=O) groups excluding carboxylic acids is 2. The molecule has 0 saturated heterocycles. The van der Waals surface area contributed by atoms with Gasteiger partial charge in [0.25, 0.3) is 11.8 Å². The maximum Gasteiger partial charge on any atom is 0.261 e. The van der Waals surface area contributed by atoms with Gasteiger partial charge in [-0.1, -0.05) is 12.6 Å². The standard InChI is InChI=1S/C19H16N4O2/c1-3-18(24)23-9-16-14(7-12(20)8-15(16)19(23)25)11-4-5-17-13(6-11)10(2)21-22-17/h3-8H,1,9,20H2,2H3,(H,21,22). The molecule has 3 aromatic rings. The molecule has 2 amide bonds. The monoisotopic (exact) mass is 332 g/mol. The Kier molecular flexibility index (Phi) is 3.21. The molecule has 1 aliphatic heterocycles. The minimum absolute atomic E-state index is 0.219. The van der Waals surface area contributed by atoms with E-state index in [1.165, 1.54) is 4.90 Å². The summed E-state index contributed by atoms with van der Waals surface area (Å²) in [6.07, 6.45) is 1.15. The maximum atomic E-state index is 12.5. The van der Waals surface area contributed by atoms with Crippen LogP contribution in [0.2, 0.25) is 0 Å². The zero-order chi connectivity index (χ0) is 17.7. The van der Waals surface area contributed by atoms with Crippen LogP contribution >= 0.6 is 0 Å². The first-order chi connectivity index (χ1) is 12.0. The predicted octanol–water partition coefficient (Wildman–Crippen LogP) is 2.79. The molecule has 0 bridgehead atoms. The van der Waals surface area contributed by atoms with Gasteiger partial charge in [-0.15, -0.1) is 0 Å². The number of aromatic nitrogens is 2. The third kappa shape index (κ3) is 2.22. The first kappa shape index (κ1) is 15.1. The molecule has 0 atom stereocenters. The van der Waals surface area contributed by atoms with Crippen LogP contribution in [0, 0.1) is 6.92 Å². The second kappa shape index (κ2) is 5.31. The lowest BCUT2D eigenvalue weighted by Gasteiger charge is -2.11. The number of carbonyl (C=O) groups is 2. The molecule has 3 N–H and O–H groups in total. The van der Waals surface area contributed by atoms with Gasteiger partial charge in [-0.25, -0.2) is 0 Å². The predicted molar refractivity (Wildman–Crippen MR) is 95.8 cm³/mol. The van der Waals surface area contributed by atoms with Crippen molar-refractivity contribution in [2.24, 2.45) is 0 Å². The molecule has 0 unspecified atom stereocenters. The normalized spacial score (nSPS) is 13.3. The second-order valence-electron chi connectivity index (χ2n) is 6.10. The Labute approximate surface area is 143 Å². The summed E-state index contributed by atoms with van der Waals surface area (Å²) in [6, 6.07) is 9.39. The summed E-state index contributed by atoms with van der Waals surface area (Å²) in [5.74, 6) is -0.749. The van der Waals surface area contributed by atoms with Crippen LogP contribution in [-0.2, 0) is 11.3 Å². The smallest absolute Gasteiger partial charge is 0.261 e. The number of imide groups is 1. The Balaban J connectivity index is 1.91. The van der Waals surface area contributed by atoms with Gasteiger partial charge in [0.15, 0.2) is 0 Å². The third-order valence-electron chi connectivity index (χ3n) is 4.57. The Bertz CT molecular complexity index is 1060. The molecule has 25 heavy (non-hydrogen) atoms. The number of aromatic amines is 1. The van der Waals surface area contributed by atoms with Crippen molar-refractivity contribution in [3.63, 3.8) is 0 Å². The van der Waals surface area contributed by atoms with Crippen molar-refractivity contribution in [3.05, 3.63) is 59.8 Å². The first-order valence-corrected chi connectivity index (χ1v) is 7.85. The van der Waals surface area contributed by atoms with Crippen LogP contribution in [0.4, 0.5) is 5.69 Å². The molecule has 0 spiro atoms. The van der Waals surface area contributed by atoms with Gasteiger partial charge in [0.2, 0.25) is 0 Å². The molecule has 2 aromatic carbocycles. The van der Waals surface area contributed by atoms with E-state index in [1.807, 2.05) is 31.2 Å². The fourth-order valence-electron chi connectivity index (χ4n) is 3.29. The molecule has 0 fully saturated rings. The number of hydrogen-bond acceptors (Lipinski definition) is 4. The largest absolute Gasteiger partial charge is 0.399 e. The van der Waals surface area contributed by atoms with Crippen molar-refractivity contribution in [1.82, 2.24) is 15.1 Å². The highest BCUT2D eigenvalue weighted by Crippen LogP contribution is 2.36. The molecule has 0 aliphatic carbocycles. The van der Waals surface area contributed by atoms with Crippen molar-refractivity contribution < 1.29 is 9.59 Å². The summed E-state index contributed by atoms with van der Waals surface area (Å²) in [5, 5.41) is 8.20. The van der Waals surface area contributed by atoms with E-state index in [1.54, 1.807) is 6.07 Å². The van der Waals surface area contributed by atoms with Gasteiger partial charge < -0.3 is 5.73 Å². The second-order valence-corrected chi connectivity index (χ2v) is 6.10. The number of nitrogen functional groups attached to an aromatic ring is 1. The lowest BCUT2D eigenvalue weighted by atomic mass is 9.95. The van der Waals surface area contributed by atoms with Gasteiger partial charge in [0.1, 0.15) is 0 Å². The highest BCUT2D eigenvalue weighted by atomic mass is 16.2. The number of nitrogens with zero attached hydrogens (tertiary/aromatic N) is 2. The summed E-state index contributed by atoms with van der Waals surface area (Å²) in [6.45, 7) is 5.61. The number of nitrogens with one attached hydrogen (secondary N) is 1. The van der Waals surface area contributed by atoms with Crippen LogP contribution in [-0.4, -0.2) is 26.9 Å². The van der Waals surface area contributed by atoms with Gasteiger partial charge in [0.05, 0.1) is 17.8 Å². The number of fused-ring (bicyclic) bond motifs is 2. The zero-order valence-electron chi connectivity index (χ0n) is 13.7. The average Bonchev–Trinajstić information content (AvgIpc) is 3.14. The fraction of sp³-hybridized carbons (Fsp3) is 0.105. The SMILES string of the molecule is C=CC(=O)N1Cc2c(cc(N)cc2-c2ccc3[nH]nc(C)c3c2)C1=O. The molecule has 124 valence electrons. The lowest BCUT2D eigenvalue weighted by molar-refractivity contribution is -0.123. The van der Waals surface area contributed by atoms with Crippen molar-refractivity contribution in [2.45, 2.75) is 13.5 Å². The highest BCUT2D eigenvalue weighted by Gasteiger charge is 2.33. The summed E-state index contributed by atoms with van der Waals surface area (Å²) in [4.78, 5) is 25.7. The quantitative estimate of drug-likeness (QED) is 0.557. The summed E-state index contributed by atoms with van der Waals surface area (Å²) in [7, 11) is 0. The van der Waals surface area contributed by atoms with E-state index in [0.29, 0.717) is 11.3 Å². The molecule has 6 heteroatoms. The minimum atomic E-state index is -0.410. The summed E-state index contributed by atoms with van der Waals surface area (Å²) >= 11 is 0. The van der Waals surface area contributed by atoms with Crippen molar-refractivity contribution in [2.75, 3.05) is 5.73 Å². The molecule has 0 radical (unpaired) electrons. The van der Waals surface area contributed by atoms with Crippen molar-refractivity contribution >= 4 is 28.4 Å². The van der Waals surface area contributed by atoms with Crippen LogP contribution in [0.25, 0.3) is 22.0 Å². The minimum Gasteiger partial charge on any atom is -0.399 e. The molecular weight excluding hydrogens is 316 g/mol. The molecular formula is C19H16N4O2. The Morgan fingerprint density at radius 3 is 2.84 bits per heavy atom. The third-order valence-corrected chi connectivity index (χ3v) is 4.57. The number of benzene rings is 2. The Morgan fingerprint density at radius 2 is 2.08 bits per heavy atom. The van der Waals surface area contributed by atoms with E-state index in [0.717, 1.165) is 39.4 Å². The molecule has 4 rings (SSSR count). The summed E-state index contributed by atoms with van der Waals surface area (Å²) < 4.78 is 0. The van der Waals surface area contributed by atoms with E-state index in [-0.39, 0.29) is 12.5 Å². The van der Waals surface area contributed by atoms with Gasteiger partial charge in [-0.3, -0.25) is 19.6 Å². The van der Waals surface area contributed by atoms with Crippen molar-refractivity contribution in [1.29, 1.82) is 0 Å². The van der Waals surface area contributed by atoms with E-state index in [9.17, 15) is 9.59 Å². The number of hydrogen-bond donors (Lipinski definition) is 2. The summed E-state index contributed by atoms with van der Waals surface area (Å²) in [5.41, 5.74) is 11.4. The number of H-pyrrole nitrogens is 1. The van der Waals surface area contributed by atoms with Crippen LogP contribution in [0.1, 0.15) is 21.6 Å². The van der Waals surface area contributed by atoms with Gasteiger partial charge in [-0.2, -0.15) is 5.10 Å². The van der Waals surface area contributed by atoms with Crippen LogP contribution in [0.3, 0.4) is 0 Å². The lowest BCUT2D eigenvalue weighted by Crippen LogP contribution is -2.29. The van der Waals surface area contributed by atoms with E-state index in [4.69, 9.17) is 5.73 Å². The van der Waals surface area contributed by atoms with Gasteiger partial charge in [-0.05, 0) is 54.0 Å². The number of nitrogens with two attached hydrogens (primary N) is 1. The molecule has 2 heterocycles. The highest BCUT2D eigenvalue weighted by molar-refractivity contribution is 6.12. The first-order valence-electron chi connectivity index (χ1n) is 7.85. The Hall–Kier alpha value is -3.41. The number of aryl methyl sites for hydroxylation is 1. The molecule has 1 aliphatic rings. The number of rotatable bonds is 2. The average molecular weight is 332 g/mol. The Morgan fingerprint density at radius 1 is 1.32 bits per heavy atom. The topological polar surface area (TPSA) is 92.1 Å². The zero-order valence-corrected chi connectivity index (χ0v) is 13.7. The number of anilines is 1. The number of amides is 2. The van der Waals surface area contributed by atoms with Crippen LogP contribution in [0.15, 0.2) is 43.0 Å². The molecule has 0 saturated carbocycles.